The molecule has 134 valence electrons. The molecule has 4 aromatic rings. The van der Waals surface area contributed by atoms with Crippen molar-refractivity contribution in [1.82, 2.24) is 9.78 Å². The Labute approximate surface area is 167 Å². The van der Waals surface area contributed by atoms with Crippen LogP contribution in [0.2, 0.25) is 0 Å². The second kappa shape index (κ2) is 7.80. The minimum Gasteiger partial charge on any atom is -0.484 e. The summed E-state index contributed by atoms with van der Waals surface area (Å²) in [7, 11) is 1.96. The summed E-state index contributed by atoms with van der Waals surface area (Å²) in [5.74, 6) is 0.804. The topological polar surface area (TPSA) is 27.1 Å². The summed E-state index contributed by atoms with van der Waals surface area (Å²) in [6.07, 6.45) is 0. The zero-order valence-corrected chi connectivity index (χ0v) is 16.6. The normalized spacial score (nSPS) is 10.7. The van der Waals surface area contributed by atoms with Crippen molar-refractivity contribution in [2.24, 2.45) is 7.05 Å². The van der Waals surface area contributed by atoms with Crippen molar-refractivity contribution in [3.8, 4) is 28.3 Å². The molecule has 0 saturated heterocycles. The van der Waals surface area contributed by atoms with Gasteiger partial charge in [0.25, 0.3) is 0 Å². The monoisotopic (exact) mass is 418 g/mol. The van der Waals surface area contributed by atoms with Gasteiger partial charge in [0.05, 0.1) is 0 Å². The van der Waals surface area contributed by atoms with Crippen LogP contribution in [0.5, 0.6) is 5.75 Å². The van der Waals surface area contributed by atoms with Gasteiger partial charge < -0.3 is 4.74 Å². The van der Waals surface area contributed by atoms with E-state index < -0.39 is 0 Å². The lowest BCUT2D eigenvalue weighted by atomic mass is 10.1. The molecule has 0 spiro atoms. The molecule has 0 atom stereocenters. The third-order valence-electron chi connectivity index (χ3n) is 4.39. The smallest absolute Gasteiger partial charge is 0.173 e. The average molecular weight is 419 g/mol. The highest BCUT2D eigenvalue weighted by Crippen LogP contribution is 2.39. The van der Waals surface area contributed by atoms with Crippen LogP contribution in [0.15, 0.2) is 89.4 Å². The maximum Gasteiger partial charge on any atom is 0.173 e. The zero-order chi connectivity index (χ0) is 18.6. The number of hydrogen-bond donors (Lipinski definition) is 0. The lowest BCUT2D eigenvalue weighted by Crippen LogP contribution is -1.98. The van der Waals surface area contributed by atoms with E-state index in [4.69, 9.17) is 9.84 Å². The van der Waals surface area contributed by atoms with Crippen molar-refractivity contribution in [3.05, 3.63) is 95.0 Å². The molecule has 0 amide bonds. The van der Waals surface area contributed by atoms with E-state index in [0.29, 0.717) is 6.61 Å². The third kappa shape index (κ3) is 3.81. The second-order valence-corrected chi connectivity index (χ2v) is 7.21. The second-order valence-electron chi connectivity index (χ2n) is 6.30. The highest BCUT2D eigenvalue weighted by Gasteiger charge is 2.20. The van der Waals surface area contributed by atoms with Gasteiger partial charge >= 0.3 is 0 Å². The van der Waals surface area contributed by atoms with Crippen LogP contribution in [0.25, 0.3) is 22.5 Å². The van der Waals surface area contributed by atoms with Crippen LogP contribution in [0, 0.1) is 0 Å². The van der Waals surface area contributed by atoms with Crippen molar-refractivity contribution < 1.29 is 4.74 Å². The summed E-state index contributed by atoms with van der Waals surface area (Å²) >= 11 is 3.48. The van der Waals surface area contributed by atoms with Gasteiger partial charge in [-0.15, -0.1) is 0 Å². The van der Waals surface area contributed by atoms with Crippen LogP contribution in [0.3, 0.4) is 0 Å². The minimum atomic E-state index is 0.485. The lowest BCUT2D eigenvalue weighted by molar-refractivity contribution is 0.308. The Morgan fingerprint density at radius 3 is 2.04 bits per heavy atom. The zero-order valence-electron chi connectivity index (χ0n) is 15.0. The van der Waals surface area contributed by atoms with E-state index in [1.165, 1.54) is 0 Å². The van der Waals surface area contributed by atoms with Crippen LogP contribution < -0.4 is 4.74 Å². The van der Waals surface area contributed by atoms with Crippen molar-refractivity contribution in [2.75, 3.05) is 0 Å². The van der Waals surface area contributed by atoms with E-state index in [2.05, 4.69) is 52.3 Å². The number of aryl methyl sites for hydroxylation is 1. The van der Waals surface area contributed by atoms with Gasteiger partial charge in [-0.1, -0.05) is 88.7 Å². The molecule has 0 unspecified atom stereocenters. The summed E-state index contributed by atoms with van der Waals surface area (Å²) < 4.78 is 9.28. The Balaban J connectivity index is 1.77. The van der Waals surface area contributed by atoms with E-state index in [9.17, 15) is 0 Å². The van der Waals surface area contributed by atoms with Crippen molar-refractivity contribution in [1.29, 1.82) is 0 Å². The fourth-order valence-corrected chi connectivity index (χ4v) is 3.34. The van der Waals surface area contributed by atoms with Crippen LogP contribution >= 0.6 is 15.9 Å². The molecule has 0 aliphatic heterocycles. The van der Waals surface area contributed by atoms with E-state index in [-0.39, 0.29) is 0 Å². The molecule has 0 bridgehead atoms. The van der Waals surface area contributed by atoms with Gasteiger partial charge in [-0.05, 0) is 17.7 Å². The number of nitrogens with zero attached hydrogens (tertiary/aromatic N) is 2. The fraction of sp³-hybridized carbons (Fsp3) is 0.0870. The number of ether oxygens (including phenoxy) is 1. The summed E-state index contributed by atoms with van der Waals surface area (Å²) in [5, 5.41) is 4.77. The molecule has 1 aromatic heterocycles. The first-order chi connectivity index (χ1) is 13.2. The maximum absolute atomic E-state index is 6.33. The summed E-state index contributed by atoms with van der Waals surface area (Å²) in [6.45, 7) is 0.485. The highest BCUT2D eigenvalue weighted by molar-refractivity contribution is 9.10. The van der Waals surface area contributed by atoms with Gasteiger partial charge in [-0.2, -0.15) is 5.10 Å². The predicted octanol–water partition coefficient (Wildman–Crippen LogP) is 6.10. The molecule has 1 heterocycles. The van der Waals surface area contributed by atoms with E-state index in [1.807, 2.05) is 60.3 Å². The molecule has 4 rings (SSSR count). The van der Waals surface area contributed by atoms with Gasteiger partial charge in [-0.3, -0.25) is 4.68 Å². The standard InChI is InChI=1S/C23H19BrN2O/c1-26-22(19-10-6-3-7-11-19)23(21(25-26)18-8-4-2-5-9-18)27-16-17-12-14-20(24)15-13-17/h2-15H,16H2,1H3. The van der Waals surface area contributed by atoms with E-state index in [1.54, 1.807) is 0 Å². The van der Waals surface area contributed by atoms with Crippen molar-refractivity contribution in [3.63, 3.8) is 0 Å². The summed E-state index contributed by atoms with van der Waals surface area (Å²) in [6, 6.07) is 28.6. The van der Waals surface area contributed by atoms with Crippen LogP contribution in [0.1, 0.15) is 5.56 Å². The Morgan fingerprint density at radius 2 is 1.41 bits per heavy atom. The van der Waals surface area contributed by atoms with E-state index >= 15 is 0 Å². The summed E-state index contributed by atoms with van der Waals surface area (Å²) in [4.78, 5) is 0. The first kappa shape index (κ1) is 17.6. The predicted molar refractivity (Wildman–Crippen MR) is 113 cm³/mol. The molecule has 0 radical (unpaired) electrons. The molecular formula is C23H19BrN2O. The average Bonchev–Trinajstić information content (AvgIpc) is 3.05. The van der Waals surface area contributed by atoms with Gasteiger partial charge in [0.1, 0.15) is 18.0 Å². The van der Waals surface area contributed by atoms with Crippen LogP contribution in [-0.4, -0.2) is 9.78 Å². The quantitative estimate of drug-likeness (QED) is 0.391. The SMILES string of the molecule is Cn1nc(-c2ccccc2)c(OCc2ccc(Br)cc2)c1-c1ccccc1. The molecule has 0 aliphatic rings. The molecule has 0 saturated carbocycles. The van der Waals surface area contributed by atoms with Crippen molar-refractivity contribution in [2.45, 2.75) is 6.61 Å². The number of hydrogen-bond acceptors (Lipinski definition) is 2. The highest BCUT2D eigenvalue weighted by atomic mass is 79.9. The summed E-state index contributed by atoms with van der Waals surface area (Å²) in [5.41, 5.74) is 5.07. The fourth-order valence-electron chi connectivity index (χ4n) is 3.08. The van der Waals surface area contributed by atoms with Gasteiger partial charge in [0, 0.05) is 22.6 Å². The first-order valence-electron chi connectivity index (χ1n) is 8.77. The molecule has 3 aromatic carbocycles. The third-order valence-corrected chi connectivity index (χ3v) is 4.92. The van der Waals surface area contributed by atoms with E-state index in [0.717, 1.165) is 38.3 Å². The first-order valence-corrected chi connectivity index (χ1v) is 9.57. The number of rotatable bonds is 5. The van der Waals surface area contributed by atoms with Gasteiger partial charge in [0.15, 0.2) is 5.75 Å². The van der Waals surface area contributed by atoms with Crippen LogP contribution in [0.4, 0.5) is 0 Å². The molecule has 4 heteroatoms. The Bertz CT molecular complexity index is 1030. The number of benzene rings is 3. The van der Waals surface area contributed by atoms with Gasteiger partial charge in [-0.25, -0.2) is 0 Å². The molecule has 0 aliphatic carbocycles. The molecule has 3 nitrogen and oxygen atoms in total. The Kier molecular flexibility index (Phi) is 5.07. The number of halogens is 1. The maximum atomic E-state index is 6.33. The van der Waals surface area contributed by atoms with Gasteiger partial charge in [0.2, 0.25) is 0 Å². The Morgan fingerprint density at radius 1 is 0.815 bits per heavy atom. The molecule has 0 N–H and O–H groups in total. The molecular weight excluding hydrogens is 400 g/mol. The van der Waals surface area contributed by atoms with Crippen molar-refractivity contribution >= 4 is 15.9 Å². The molecule has 27 heavy (non-hydrogen) atoms. The van der Waals surface area contributed by atoms with Crippen LogP contribution in [-0.2, 0) is 13.7 Å². The largest absolute Gasteiger partial charge is 0.484 e. The minimum absolute atomic E-state index is 0.485. The number of aromatic nitrogens is 2. The Hall–Kier alpha value is -2.85. The lowest BCUT2D eigenvalue weighted by Gasteiger charge is -2.10. The molecule has 0 fully saturated rings.